The Morgan fingerprint density at radius 2 is 1.83 bits per heavy atom. The number of carbonyl (C=O) groups excluding carboxylic acids is 1. The standard InChI is InChI=1S/C16H13ClF4N2O/c17-12-6-5-11(16(19,20)21)7-14(12)22-9-15(24)23-8-10-3-1-2-4-13(10)18/h1-7,22H,8-9H2,(H,23,24). The second-order valence-electron chi connectivity index (χ2n) is 4.91. The average Bonchev–Trinajstić information content (AvgIpc) is 2.52. The zero-order valence-corrected chi connectivity index (χ0v) is 13.0. The predicted molar refractivity (Wildman–Crippen MR) is 83.2 cm³/mol. The molecule has 2 aromatic rings. The van der Waals surface area contributed by atoms with Gasteiger partial charge >= 0.3 is 6.18 Å². The lowest BCUT2D eigenvalue weighted by atomic mass is 10.2. The van der Waals surface area contributed by atoms with E-state index in [0.29, 0.717) is 5.56 Å². The topological polar surface area (TPSA) is 41.1 Å². The molecule has 3 nitrogen and oxygen atoms in total. The number of nitrogens with one attached hydrogen (secondary N) is 2. The number of benzene rings is 2. The third-order valence-corrected chi connectivity index (χ3v) is 3.50. The van der Waals surface area contributed by atoms with Gasteiger partial charge in [0.1, 0.15) is 5.82 Å². The zero-order chi connectivity index (χ0) is 17.7. The summed E-state index contributed by atoms with van der Waals surface area (Å²) in [5.41, 5.74) is -0.573. The summed E-state index contributed by atoms with van der Waals surface area (Å²) in [6.45, 7) is -0.320. The van der Waals surface area contributed by atoms with Crippen molar-refractivity contribution in [2.24, 2.45) is 0 Å². The first-order valence-electron chi connectivity index (χ1n) is 6.88. The summed E-state index contributed by atoms with van der Waals surface area (Å²) in [5, 5.41) is 5.07. The van der Waals surface area contributed by atoms with Crippen molar-refractivity contribution in [3.63, 3.8) is 0 Å². The molecule has 0 spiro atoms. The Bertz CT molecular complexity index is 734. The SMILES string of the molecule is O=C(CNc1cc(C(F)(F)F)ccc1Cl)NCc1ccccc1F. The van der Waals surface area contributed by atoms with E-state index >= 15 is 0 Å². The summed E-state index contributed by atoms with van der Waals surface area (Å²) in [7, 11) is 0. The van der Waals surface area contributed by atoms with E-state index < -0.39 is 23.5 Å². The van der Waals surface area contributed by atoms with Gasteiger partial charge in [-0.15, -0.1) is 0 Å². The molecule has 24 heavy (non-hydrogen) atoms. The molecule has 0 atom stereocenters. The molecule has 2 N–H and O–H groups in total. The van der Waals surface area contributed by atoms with E-state index in [4.69, 9.17) is 11.6 Å². The number of hydrogen-bond donors (Lipinski definition) is 2. The van der Waals surface area contributed by atoms with Gasteiger partial charge in [0.2, 0.25) is 5.91 Å². The molecule has 0 saturated heterocycles. The highest BCUT2D eigenvalue weighted by molar-refractivity contribution is 6.33. The second kappa shape index (κ2) is 7.53. The van der Waals surface area contributed by atoms with Gasteiger partial charge in [-0.25, -0.2) is 4.39 Å². The average molecular weight is 361 g/mol. The quantitative estimate of drug-likeness (QED) is 0.784. The smallest absolute Gasteiger partial charge is 0.375 e. The van der Waals surface area contributed by atoms with E-state index in [-0.39, 0.29) is 23.8 Å². The van der Waals surface area contributed by atoms with Gasteiger partial charge in [0.25, 0.3) is 0 Å². The monoisotopic (exact) mass is 360 g/mol. The van der Waals surface area contributed by atoms with Crippen LogP contribution in [0.1, 0.15) is 11.1 Å². The number of amides is 1. The van der Waals surface area contributed by atoms with E-state index in [0.717, 1.165) is 18.2 Å². The predicted octanol–water partition coefficient (Wildman–Crippen LogP) is 4.23. The molecule has 0 saturated carbocycles. The molecular formula is C16H13ClF4N2O. The Hall–Kier alpha value is -2.28. The highest BCUT2D eigenvalue weighted by Gasteiger charge is 2.30. The maximum Gasteiger partial charge on any atom is 0.416 e. The summed E-state index contributed by atoms with van der Waals surface area (Å²) in [4.78, 5) is 11.7. The van der Waals surface area contributed by atoms with Crippen molar-refractivity contribution < 1.29 is 22.4 Å². The van der Waals surface area contributed by atoms with Crippen LogP contribution in [0.5, 0.6) is 0 Å². The molecule has 2 rings (SSSR count). The van der Waals surface area contributed by atoms with Gasteiger partial charge in [-0.1, -0.05) is 29.8 Å². The third kappa shape index (κ3) is 4.86. The minimum atomic E-state index is -4.51. The lowest BCUT2D eigenvalue weighted by molar-refractivity contribution is -0.137. The van der Waals surface area contributed by atoms with Crippen molar-refractivity contribution >= 4 is 23.2 Å². The molecule has 0 unspecified atom stereocenters. The minimum absolute atomic E-state index is 0.00691. The van der Waals surface area contributed by atoms with Crippen LogP contribution in [0.2, 0.25) is 5.02 Å². The maximum atomic E-state index is 13.4. The van der Waals surface area contributed by atoms with E-state index in [1.807, 2.05) is 0 Å². The first-order chi connectivity index (χ1) is 11.3. The number of carbonyl (C=O) groups is 1. The molecule has 8 heteroatoms. The Morgan fingerprint density at radius 1 is 1.12 bits per heavy atom. The summed E-state index contributed by atoms with van der Waals surface area (Å²) in [6, 6.07) is 8.72. The summed E-state index contributed by atoms with van der Waals surface area (Å²) in [6.07, 6.45) is -4.51. The third-order valence-electron chi connectivity index (χ3n) is 3.17. The molecule has 2 aromatic carbocycles. The Kier molecular flexibility index (Phi) is 5.66. The van der Waals surface area contributed by atoms with Crippen LogP contribution < -0.4 is 10.6 Å². The highest BCUT2D eigenvalue weighted by atomic mass is 35.5. The first kappa shape index (κ1) is 18.1. The van der Waals surface area contributed by atoms with Crippen LogP contribution in [-0.2, 0) is 17.5 Å². The Balaban J connectivity index is 1.93. The second-order valence-corrected chi connectivity index (χ2v) is 5.32. The zero-order valence-electron chi connectivity index (χ0n) is 12.3. The van der Waals surface area contributed by atoms with Crippen LogP contribution in [0.3, 0.4) is 0 Å². The molecule has 0 heterocycles. The Labute approximate surface area is 140 Å². The number of halogens is 5. The lowest BCUT2D eigenvalue weighted by Crippen LogP contribution is -2.29. The van der Waals surface area contributed by atoms with Gasteiger partial charge in [0, 0.05) is 12.1 Å². The van der Waals surface area contributed by atoms with Crippen LogP contribution in [0.4, 0.5) is 23.2 Å². The molecule has 128 valence electrons. The van der Waals surface area contributed by atoms with Gasteiger partial charge in [0.05, 0.1) is 22.8 Å². The molecule has 1 amide bonds. The fourth-order valence-corrected chi connectivity index (χ4v) is 2.10. The molecule has 0 aliphatic rings. The van der Waals surface area contributed by atoms with E-state index in [9.17, 15) is 22.4 Å². The summed E-state index contributed by atoms with van der Waals surface area (Å²) >= 11 is 5.81. The molecule has 0 aromatic heterocycles. The van der Waals surface area contributed by atoms with Gasteiger partial charge in [-0.05, 0) is 24.3 Å². The largest absolute Gasteiger partial charge is 0.416 e. The van der Waals surface area contributed by atoms with E-state index in [2.05, 4.69) is 10.6 Å². The van der Waals surface area contributed by atoms with Crippen LogP contribution in [0.15, 0.2) is 42.5 Å². The van der Waals surface area contributed by atoms with Crippen molar-refractivity contribution in [3.05, 3.63) is 64.4 Å². The molecule has 0 aliphatic heterocycles. The number of rotatable bonds is 5. The number of hydrogen-bond acceptors (Lipinski definition) is 2. The van der Waals surface area contributed by atoms with Crippen molar-refractivity contribution in [3.8, 4) is 0 Å². The van der Waals surface area contributed by atoms with Crippen LogP contribution in [0, 0.1) is 5.82 Å². The van der Waals surface area contributed by atoms with Crippen LogP contribution in [-0.4, -0.2) is 12.5 Å². The van der Waals surface area contributed by atoms with Crippen molar-refractivity contribution in [2.45, 2.75) is 12.7 Å². The maximum absolute atomic E-state index is 13.4. The van der Waals surface area contributed by atoms with Gasteiger partial charge < -0.3 is 10.6 Å². The summed E-state index contributed by atoms with van der Waals surface area (Å²) in [5.74, 6) is -0.960. The van der Waals surface area contributed by atoms with Gasteiger partial charge in [-0.2, -0.15) is 13.2 Å². The summed E-state index contributed by atoms with van der Waals surface area (Å²) < 4.78 is 51.4. The molecular weight excluding hydrogens is 348 g/mol. The van der Waals surface area contributed by atoms with Gasteiger partial charge in [0.15, 0.2) is 0 Å². The Morgan fingerprint density at radius 3 is 2.50 bits per heavy atom. The molecule has 0 aliphatic carbocycles. The van der Waals surface area contributed by atoms with E-state index in [1.54, 1.807) is 6.07 Å². The normalized spacial score (nSPS) is 11.2. The van der Waals surface area contributed by atoms with Crippen molar-refractivity contribution in [2.75, 3.05) is 11.9 Å². The van der Waals surface area contributed by atoms with E-state index in [1.165, 1.54) is 18.2 Å². The fraction of sp³-hybridized carbons (Fsp3) is 0.188. The fourth-order valence-electron chi connectivity index (χ4n) is 1.91. The highest BCUT2D eigenvalue weighted by Crippen LogP contribution is 2.33. The van der Waals surface area contributed by atoms with Crippen molar-refractivity contribution in [1.29, 1.82) is 0 Å². The van der Waals surface area contributed by atoms with Crippen LogP contribution >= 0.6 is 11.6 Å². The number of anilines is 1. The number of alkyl halides is 3. The minimum Gasteiger partial charge on any atom is -0.375 e. The lowest BCUT2D eigenvalue weighted by Gasteiger charge is -2.12. The van der Waals surface area contributed by atoms with Crippen LogP contribution in [0.25, 0.3) is 0 Å². The molecule has 0 bridgehead atoms. The molecule has 0 fully saturated rings. The van der Waals surface area contributed by atoms with Crippen molar-refractivity contribution in [1.82, 2.24) is 5.32 Å². The first-order valence-corrected chi connectivity index (χ1v) is 7.26. The van der Waals surface area contributed by atoms with Gasteiger partial charge in [-0.3, -0.25) is 4.79 Å². The molecule has 0 radical (unpaired) electrons.